The van der Waals surface area contributed by atoms with E-state index in [-0.39, 0.29) is 23.7 Å². The van der Waals surface area contributed by atoms with Crippen LogP contribution < -0.4 is 9.47 Å². The highest BCUT2D eigenvalue weighted by molar-refractivity contribution is 5.93. The van der Waals surface area contributed by atoms with E-state index < -0.39 is 0 Å². The van der Waals surface area contributed by atoms with Gasteiger partial charge in [-0.05, 0) is 110 Å². The zero-order chi connectivity index (χ0) is 42.4. The van der Waals surface area contributed by atoms with Crippen molar-refractivity contribution in [2.24, 2.45) is 0 Å². The van der Waals surface area contributed by atoms with Crippen LogP contribution in [0.1, 0.15) is 36.1 Å². The molecular weight excluding hydrogens is 777 g/mol. The summed E-state index contributed by atoms with van der Waals surface area (Å²) in [5, 5.41) is 16.6. The van der Waals surface area contributed by atoms with Gasteiger partial charge in [-0.2, -0.15) is 10.2 Å². The number of hydrogen-bond acceptors (Lipinski definition) is 8. The molecule has 2 amide bonds. The van der Waals surface area contributed by atoms with Crippen molar-refractivity contribution in [2.45, 2.75) is 24.7 Å². The number of fused-ring (bicyclic) bond motifs is 2. The molecule has 10 rings (SSSR count). The van der Waals surface area contributed by atoms with Gasteiger partial charge in [0.1, 0.15) is 23.0 Å². The number of rotatable bonds is 10. The number of aromatic nitrogens is 6. The Balaban J connectivity index is 0.000000158. The summed E-state index contributed by atoms with van der Waals surface area (Å²) in [6.07, 6.45) is 8.16. The van der Waals surface area contributed by atoms with E-state index in [9.17, 15) is 9.59 Å². The Morgan fingerprint density at radius 3 is 1.34 bits per heavy atom. The summed E-state index contributed by atoms with van der Waals surface area (Å²) >= 11 is 0. The first-order chi connectivity index (χ1) is 30.4. The Labute approximate surface area is 358 Å². The number of hydrogen-bond donors (Lipinski definition) is 2. The first kappa shape index (κ1) is 39.6. The summed E-state index contributed by atoms with van der Waals surface area (Å²) < 4.78 is 11.8. The number of carbonyl (C=O) groups is 2. The lowest BCUT2D eigenvalue weighted by Crippen LogP contribution is -2.26. The van der Waals surface area contributed by atoms with Gasteiger partial charge < -0.3 is 19.3 Å². The fraction of sp³-hybridized carbons (Fsp3) is 0.160. The van der Waals surface area contributed by atoms with Gasteiger partial charge in [0.15, 0.2) is 0 Å². The average Bonchev–Trinajstić information content (AvgIpc) is 4.17. The third kappa shape index (κ3) is 8.57. The van der Waals surface area contributed by atoms with Crippen molar-refractivity contribution >= 4 is 33.6 Å². The summed E-state index contributed by atoms with van der Waals surface area (Å²) in [5.41, 5.74) is 7.42. The number of benzene rings is 4. The van der Waals surface area contributed by atoms with Gasteiger partial charge in [-0.3, -0.25) is 29.8 Å². The molecule has 8 aromatic rings. The molecular formula is C50H44N8O4. The predicted molar refractivity (Wildman–Crippen MR) is 240 cm³/mol. The monoisotopic (exact) mass is 820 g/mol. The number of para-hydroxylation sites is 2. The number of nitrogens with one attached hydrogen (secondary N) is 2. The molecule has 6 heterocycles. The lowest BCUT2D eigenvalue weighted by Gasteiger charge is -2.15. The van der Waals surface area contributed by atoms with Crippen molar-refractivity contribution in [3.8, 4) is 45.5 Å². The molecule has 0 aliphatic carbocycles. The van der Waals surface area contributed by atoms with E-state index in [2.05, 4.69) is 45.7 Å². The van der Waals surface area contributed by atoms with E-state index in [1.807, 2.05) is 131 Å². The van der Waals surface area contributed by atoms with Crippen molar-refractivity contribution < 1.29 is 19.1 Å². The van der Waals surface area contributed by atoms with E-state index in [4.69, 9.17) is 19.4 Å². The highest BCUT2D eigenvalue weighted by atomic mass is 16.5. The van der Waals surface area contributed by atoms with Gasteiger partial charge in [-0.25, -0.2) is 0 Å². The van der Waals surface area contributed by atoms with Crippen LogP contribution in [0.5, 0.6) is 23.0 Å². The van der Waals surface area contributed by atoms with Crippen molar-refractivity contribution in [2.75, 3.05) is 26.2 Å². The summed E-state index contributed by atoms with van der Waals surface area (Å²) in [7, 11) is 0. The zero-order valence-corrected chi connectivity index (χ0v) is 34.0. The first-order valence-corrected chi connectivity index (χ1v) is 20.6. The molecule has 2 atom stereocenters. The first-order valence-electron chi connectivity index (χ1n) is 20.6. The van der Waals surface area contributed by atoms with Crippen molar-refractivity contribution in [3.63, 3.8) is 0 Å². The molecule has 308 valence electrons. The molecule has 4 aromatic carbocycles. The van der Waals surface area contributed by atoms with Crippen molar-refractivity contribution in [1.29, 1.82) is 0 Å². The summed E-state index contributed by atoms with van der Waals surface area (Å²) in [6.45, 7) is 9.95. The number of pyridine rings is 2. The van der Waals surface area contributed by atoms with Crippen LogP contribution in [0.3, 0.4) is 0 Å². The molecule has 12 heteroatoms. The quantitative estimate of drug-likeness (QED) is 0.130. The van der Waals surface area contributed by atoms with Crippen LogP contribution in [0.4, 0.5) is 0 Å². The second kappa shape index (κ2) is 17.8. The standard InChI is InChI=1S/2C25H22N4O2/c2*1-2-23(30)29-13-12-18(16-29)22-14-19-15-26-28-25(19)24(27-22)17-8-10-21(11-9-17)31-20-6-4-3-5-7-20/h2*2-11,14-15,18H,1,12-13,16H2,(H,26,28)/t2*18-/m10/s1. The number of carbonyl (C=O) groups excluding carboxylic acids is 2. The van der Waals surface area contributed by atoms with Crippen LogP contribution in [-0.4, -0.2) is 78.2 Å². The predicted octanol–water partition coefficient (Wildman–Crippen LogP) is 9.84. The van der Waals surface area contributed by atoms with Crippen LogP contribution in [0.2, 0.25) is 0 Å². The SMILES string of the molecule is C=CC(=O)N1CC[C@@H](c2cc3cn[nH]c3c(-c3ccc(Oc4ccccc4)cc3)n2)C1.C=CC(=O)N1CC[C@H](c2cc3cn[nH]c3c(-c3ccc(Oc4ccccc4)cc3)n2)C1. The fourth-order valence-corrected chi connectivity index (χ4v) is 8.05. The summed E-state index contributed by atoms with van der Waals surface area (Å²) in [5.74, 6) is 3.47. The Morgan fingerprint density at radius 2 is 0.952 bits per heavy atom. The molecule has 0 saturated carbocycles. The smallest absolute Gasteiger partial charge is 0.245 e. The molecule has 2 aliphatic rings. The molecule has 0 bridgehead atoms. The van der Waals surface area contributed by atoms with Crippen molar-refractivity contribution in [1.82, 2.24) is 40.2 Å². The normalized spacial score (nSPS) is 15.9. The molecule has 62 heavy (non-hydrogen) atoms. The lowest BCUT2D eigenvalue weighted by molar-refractivity contribution is -0.125. The number of aromatic amines is 2. The highest BCUT2D eigenvalue weighted by Crippen LogP contribution is 2.35. The molecule has 0 unspecified atom stereocenters. The maximum atomic E-state index is 12.0. The Hall–Kier alpha value is -7.86. The van der Waals surface area contributed by atoms with Gasteiger partial charge in [0.25, 0.3) is 0 Å². The van der Waals surface area contributed by atoms with E-state index in [0.717, 1.165) is 105 Å². The molecule has 2 saturated heterocycles. The van der Waals surface area contributed by atoms with Gasteiger partial charge in [-0.1, -0.05) is 49.6 Å². The molecule has 4 aromatic heterocycles. The van der Waals surface area contributed by atoms with Gasteiger partial charge >= 0.3 is 0 Å². The van der Waals surface area contributed by atoms with Gasteiger partial charge in [0.05, 0.1) is 34.8 Å². The number of ether oxygens (including phenoxy) is 2. The van der Waals surface area contributed by atoms with Gasteiger partial charge in [0, 0.05) is 71.3 Å². The molecule has 0 radical (unpaired) electrons. The Kier molecular flexibility index (Phi) is 11.4. The van der Waals surface area contributed by atoms with E-state index in [0.29, 0.717) is 13.1 Å². The van der Waals surface area contributed by atoms with Crippen molar-refractivity contribution in [3.05, 3.63) is 170 Å². The number of nitrogens with zero attached hydrogens (tertiary/aromatic N) is 6. The fourth-order valence-electron chi connectivity index (χ4n) is 8.05. The maximum absolute atomic E-state index is 12.0. The Morgan fingerprint density at radius 1 is 0.565 bits per heavy atom. The average molecular weight is 821 g/mol. The van der Waals surface area contributed by atoms with E-state index >= 15 is 0 Å². The highest BCUT2D eigenvalue weighted by Gasteiger charge is 2.29. The number of likely N-dealkylation sites (tertiary alicyclic amines) is 2. The third-order valence-electron chi connectivity index (χ3n) is 11.3. The second-order valence-corrected chi connectivity index (χ2v) is 15.3. The van der Waals surface area contributed by atoms with Crippen LogP contribution in [0, 0.1) is 0 Å². The molecule has 12 nitrogen and oxygen atoms in total. The molecule has 2 N–H and O–H groups in total. The summed E-state index contributed by atoms with van der Waals surface area (Å²) in [4.78, 5) is 37.6. The minimum absolute atomic E-state index is 0.0267. The molecule has 2 fully saturated rings. The Bertz CT molecular complexity index is 2660. The lowest BCUT2D eigenvalue weighted by atomic mass is 10.0. The zero-order valence-electron chi connectivity index (χ0n) is 34.0. The number of amides is 2. The van der Waals surface area contributed by atoms with Crippen LogP contribution in [0.25, 0.3) is 44.3 Å². The van der Waals surface area contributed by atoms with Crippen LogP contribution in [0.15, 0.2) is 159 Å². The minimum atomic E-state index is -0.0267. The topological polar surface area (TPSA) is 142 Å². The van der Waals surface area contributed by atoms with E-state index in [1.54, 1.807) is 0 Å². The summed E-state index contributed by atoms with van der Waals surface area (Å²) in [6, 6.07) is 39.3. The molecule has 2 aliphatic heterocycles. The second-order valence-electron chi connectivity index (χ2n) is 15.3. The van der Waals surface area contributed by atoms with E-state index in [1.165, 1.54) is 12.2 Å². The van der Waals surface area contributed by atoms with Gasteiger partial charge in [0.2, 0.25) is 11.8 Å². The number of H-pyrrole nitrogens is 2. The maximum Gasteiger partial charge on any atom is 0.245 e. The third-order valence-corrected chi connectivity index (χ3v) is 11.3. The molecule has 0 spiro atoms. The van der Waals surface area contributed by atoms with Gasteiger partial charge in [-0.15, -0.1) is 0 Å². The largest absolute Gasteiger partial charge is 0.457 e. The van der Waals surface area contributed by atoms with Crippen LogP contribution >= 0.6 is 0 Å². The minimum Gasteiger partial charge on any atom is -0.457 e. The van der Waals surface area contributed by atoms with Crippen LogP contribution in [-0.2, 0) is 9.59 Å².